The Morgan fingerprint density at radius 2 is 1.92 bits per heavy atom. The molecule has 0 spiro atoms. The molecule has 1 heterocycles. The second-order valence-electron chi connectivity index (χ2n) is 6.73. The fraction of sp³-hybridized carbons (Fsp3) is 0.526. The van der Waals surface area contributed by atoms with E-state index < -0.39 is 0 Å². The van der Waals surface area contributed by atoms with Crippen molar-refractivity contribution in [2.24, 2.45) is 5.92 Å². The lowest BCUT2D eigenvalue weighted by molar-refractivity contribution is -0.119. The van der Waals surface area contributed by atoms with Crippen LogP contribution in [-0.4, -0.2) is 27.3 Å². The van der Waals surface area contributed by atoms with Crippen LogP contribution in [0.3, 0.4) is 0 Å². The molecule has 1 amide bonds. The minimum absolute atomic E-state index is 0.0322. The van der Waals surface area contributed by atoms with Crippen LogP contribution in [0.25, 0.3) is 10.9 Å². The van der Waals surface area contributed by atoms with Gasteiger partial charge in [-0.25, -0.2) is 4.98 Å². The lowest BCUT2D eigenvalue weighted by atomic mass is 10.1. The van der Waals surface area contributed by atoms with Gasteiger partial charge in [0.15, 0.2) is 5.16 Å². The predicted octanol–water partition coefficient (Wildman–Crippen LogP) is 3.62. The summed E-state index contributed by atoms with van der Waals surface area (Å²) in [6.45, 7) is 10.2. The van der Waals surface area contributed by atoms with Gasteiger partial charge in [0.25, 0.3) is 5.56 Å². The molecule has 0 saturated carbocycles. The van der Waals surface area contributed by atoms with Gasteiger partial charge < -0.3 is 5.32 Å². The molecule has 0 aliphatic rings. The molecule has 0 radical (unpaired) electrons. The first-order valence-electron chi connectivity index (χ1n) is 8.78. The van der Waals surface area contributed by atoms with Gasteiger partial charge in [0, 0.05) is 12.1 Å². The number of hydrogen-bond donors (Lipinski definition) is 1. The average molecular weight is 362 g/mol. The van der Waals surface area contributed by atoms with E-state index in [2.05, 4.69) is 24.1 Å². The maximum atomic E-state index is 12.9. The summed E-state index contributed by atoms with van der Waals surface area (Å²) in [4.78, 5) is 29.7. The monoisotopic (exact) mass is 361 g/mol. The average Bonchev–Trinajstić information content (AvgIpc) is 2.59. The molecular formula is C19H27N3O2S. The Labute approximate surface area is 153 Å². The molecule has 2 rings (SSSR count). The summed E-state index contributed by atoms with van der Waals surface area (Å²) < 4.78 is 1.71. The van der Waals surface area contributed by atoms with Crippen molar-refractivity contribution in [2.75, 3.05) is 5.75 Å². The molecule has 2 atom stereocenters. The molecule has 136 valence electrons. The number of aromatic nitrogens is 2. The first-order chi connectivity index (χ1) is 11.8. The summed E-state index contributed by atoms with van der Waals surface area (Å²) in [5, 5.41) is 4.21. The van der Waals surface area contributed by atoms with Crippen molar-refractivity contribution in [3.63, 3.8) is 0 Å². The van der Waals surface area contributed by atoms with Gasteiger partial charge in [-0.2, -0.15) is 0 Å². The number of thioether (sulfide) groups is 1. The Morgan fingerprint density at radius 1 is 1.24 bits per heavy atom. The van der Waals surface area contributed by atoms with Crippen LogP contribution in [0.4, 0.5) is 0 Å². The molecular weight excluding hydrogens is 334 g/mol. The third-order valence-corrected chi connectivity index (χ3v) is 5.48. The van der Waals surface area contributed by atoms with Gasteiger partial charge in [-0.05, 0) is 38.3 Å². The van der Waals surface area contributed by atoms with Crippen LogP contribution in [-0.2, 0) is 4.79 Å². The number of carbonyl (C=O) groups excluding carboxylic acids is 1. The first kappa shape index (κ1) is 19.5. The standard InChI is InChI=1S/C19H27N3O2S/c1-6-13(4)22-18(24)15-9-7-8-10-16(15)21-19(22)25-11-17(23)20-14(5)12(2)3/h7-10,12-14H,6,11H2,1-5H3,(H,20,23)/t13-,14-/m1/s1. The number of hydrogen-bond acceptors (Lipinski definition) is 4. The minimum Gasteiger partial charge on any atom is -0.353 e. The van der Waals surface area contributed by atoms with E-state index in [1.54, 1.807) is 10.6 Å². The van der Waals surface area contributed by atoms with E-state index in [-0.39, 0.29) is 29.3 Å². The number of carbonyl (C=O) groups is 1. The van der Waals surface area contributed by atoms with Gasteiger partial charge in [-0.15, -0.1) is 0 Å². The maximum Gasteiger partial charge on any atom is 0.262 e. The van der Waals surface area contributed by atoms with Crippen molar-refractivity contribution in [3.05, 3.63) is 34.6 Å². The van der Waals surface area contributed by atoms with Crippen LogP contribution in [0, 0.1) is 5.92 Å². The maximum absolute atomic E-state index is 12.9. The molecule has 0 unspecified atom stereocenters. The van der Waals surface area contributed by atoms with E-state index in [9.17, 15) is 9.59 Å². The van der Waals surface area contributed by atoms with Crippen LogP contribution in [0.1, 0.15) is 47.1 Å². The van der Waals surface area contributed by atoms with Crippen LogP contribution in [0.5, 0.6) is 0 Å². The third kappa shape index (κ3) is 4.63. The van der Waals surface area contributed by atoms with E-state index in [1.807, 2.05) is 39.0 Å². The van der Waals surface area contributed by atoms with E-state index in [4.69, 9.17) is 0 Å². The quantitative estimate of drug-likeness (QED) is 0.604. The van der Waals surface area contributed by atoms with E-state index in [1.165, 1.54) is 11.8 Å². The van der Waals surface area contributed by atoms with E-state index in [0.29, 0.717) is 22.0 Å². The van der Waals surface area contributed by atoms with Crippen LogP contribution in [0.15, 0.2) is 34.2 Å². The zero-order valence-corrected chi connectivity index (χ0v) is 16.4. The van der Waals surface area contributed by atoms with Crippen molar-refractivity contribution in [2.45, 2.75) is 58.3 Å². The van der Waals surface area contributed by atoms with E-state index in [0.717, 1.165) is 6.42 Å². The molecule has 0 aliphatic carbocycles. The Bertz CT molecular complexity index is 801. The molecule has 25 heavy (non-hydrogen) atoms. The highest BCUT2D eigenvalue weighted by Gasteiger charge is 2.17. The van der Waals surface area contributed by atoms with Crippen LogP contribution >= 0.6 is 11.8 Å². The number of para-hydroxylation sites is 1. The summed E-state index contributed by atoms with van der Waals surface area (Å²) in [7, 11) is 0. The zero-order chi connectivity index (χ0) is 18.6. The van der Waals surface area contributed by atoms with Crippen molar-refractivity contribution in [3.8, 4) is 0 Å². The topological polar surface area (TPSA) is 64.0 Å². The van der Waals surface area contributed by atoms with Gasteiger partial charge in [-0.1, -0.05) is 44.7 Å². The molecule has 0 bridgehead atoms. The summed E-state index contributed by atoms with van der Waals surface area (Å²) in [5.41, 5.74) is 0.629. The molecule has 0 saturated heterocycles. The van der Waals surface area contributed by atoms with Gasteiger partial charge >= 0.3 is 0 Å². The number of nitrogens with zero attached hydrogens (tertiary/aromatic N) is 2. The summed E-state index contributed by atoms with van der Waals surface area (Å²) >= 11 is 1.32. The van der Waals surface area contributed by atoms with Gasteiger partial charge in [-0.3, -0.25) is 14.2 Å². The predicted molar refractivity (Wildman–Crippen MR) is 104 cm³/mol. The van der Waals surface area contributed by atoms with Gasteiger partial charge in [0.2, 0.25) is 5.91 Å². The number of fused-ring (bicyclic) bond motifs is 1. The molecule has 0 aliphatic heterocycles. The van der Waals surface area contributed by atoms with Gasteiger partial charge in [0.1, 0.15) is 0 Å². The highest BCUT2D eigenvalue weighted by Crippen LogP contribution is 2.22. The first-order valence-corrected chi connectivity index (χ1v) is 9.77. The van der Waals surface area contributed by atoms with Crippen LogP contribution < -0.4 is 10.9 Å². The summed E-state index contributed by atoms with van der Waals surface area (Å²) in [6.07, 6.45) is 0.823. The van der Waals surface area contributed by atoms with Crippen LogP contribution in [0.2, 0.25) is 0 Å². The highest BCUT2D eigenvalue weighted by molar-refractivity contribution is 7.99. The Morgan fingerprint density at radius 3 is 2.56 bits per heavy atom. The number of benzene rings is 1. The molecule has 0 fully saturated rings. The molecule has 1 N–H and O–H groups in total. The molecule has 5 nitrogen and oxygen atoms in total. The minimum atomic E-state index is -0.0431. The number of rotatable bonds is 7. The lowest BCUT2D eigenvalue weighted by Crippen LogP contribution is -2.37. The zero-order valence-electron chi connectivity index (χ0n) is 15.6. The fourth-order valence-corrected chi connectivity index (χ4v) is 3.30. The lowest BCUT2D eigenvalue weighted by Gasteiger charge is -2.19. The normalized spacial score (nSPS) is 13.8. The Balaban J connectivity index is 2.30. The second kappa shape index (κ2) is 8.52. The van der Waals surface area contributed by atoms with Crippen molar-refractivity contribution in [1.82, 2.24) is 14.9 Å². The number of nitrogens with one attached hydrogen (secondary N) is 1. The van der Waals surface area contributed by atoms with Crippen molar-refractivity contribution >= 4 is 28.6 Å². The van der Waals surface area contributed by atoms with Gasteiger partial charge in [0.05, 0.1) is 16.7 Å². The smallest absolute Gasteiger partial charge is 0.262 e. The van der Waals surface area contributed by atoms with Crippen molar-refractivity contribution < 1.29 is 4.79 Å². The molecule has 1 aromatic heterocycles. The second-order valence-corrected chi connectivity index (χ2v) is 7.68. The summed E-state index contributed by atoms with van der Waals surface area (Å²) in [5.74, 6) is 0.591. The molecule has 2 aromatic rings. The molecule has 1 aromatic carbocycles. The number of amides is 1. The molecule has 6 heteroatoms. The van der Waals surface area contributed by atoms with E-state index >= 15 is 0 Å². The summed E-state index contributed by atoms with van der Waals surface area (Å²) in [6, 6.07) is 7.50. The SMILES string of the molecule is CC[C@@H](C)n1c(SCC(=O)N[C@H](C)C(C)C)nc2ccccc2c1=O. The van der Waals surface area contributed by atoms with Crippen molar-refractivity contribution in [1.29, 1.82) is 0 Å². The Hall–Kier alpha value is -1.82. The third-order valence-electron chi connectivity index (χ3n) is 4.53. The Kier molecular flexibility index (Phi) is 6.64. The largest absolute Gasteiger partial charge is 0.353 e. The fourth-order valence-electron chi connectivity index (χ4n) is 2.39. The highest BCUT2D eigenvalue weighted by atomic mass is 32.2.